The average molecular weight is 321 g/mol. The molecule has 0 aromatic carbocycles. The van der Waals surface area contributed by atoms with Crippen LogP contribution in [0.2, 0.25) is 0 Å². The van der Waals surface area contributed by atoms with Crippen LogP contribution in [-0.2, 0) is 4.74 Å². The van der Waals surface area contributed by atoms with Crippen LogP contribution in [-0.4, -0.2) is 66.4 Å². The zero-order valence-corrected chi connectivity index (χ0v) is 12.1. The van der Waals surface area contributed by atoms with Gasteiger partial charge >= 0.3 is 0 Å². The number of nitrogen functional groups attached to an aromatic ring is 1. The highest BCUT2D eigenvalue weighted by atomic mass is 16.6. The first-order valence-electron chi connectivity index (χ1n) is 6.64. The van der Waals surface area contributed by atoms with Gasteiger partial charge in [0.2, 0.25) is 11.8 Å². The molecule has 2 aromatic heterocycles. The quantitative estimate of drug-likeness (QED) is 0.472. The van der Waals surface area contributed by atoms with E-state index in [2.05, 4.69) is 20.9 Å². The van der Waals surface area contributed by atoms with Crippen LogP contribution in [0, 0.1) is 12.3 Å². The van der Waals surface area contributed by atoms with Crippen molar-refractivity contribution in [2.45, 2.75) is 24.0 Å². The molecule has 3 heterocycles. The monoisotopic (exact) mass is 321 g/mol. The number of terminal acetylenes is 1. The fourth-order valence-corrected chi connectivity index (χ4v) is 2.57. The minimum Gasteiger partial charge on any atom is -0.479 e. The Bertz CT molecular complexity index is 787. The first kappa shape index (κ1) is 15.4. The van der Waals surface area contributed by atoms with Gasteiger partial charge in [0, 0.05) is 0 Å². The van der Waals surface area contributed by atoms with Crippen LogP contribution in [0.15, 0.2) is 6.33 Å². The predicted octanol–water partition coefficient (Wildman–Crippen LogP) is -1.97. The summed E-state index contributed by atoms with van der Waals surface area (Å²) in [5, 5.41) is 30.0. The summed E-state index contributed by atoms with van der Waals surface area (Å²) in [5.74, 6) is 2.17. The zero-order valence-electron chi connectivity index (χ0n) is 12.1. The molecule has 2 aromatic rings. The molecule has 0 aliphatic carbocycles. The van der Waals surface area contributed by atoms with Gasteiger partial charge in [0.05, 0.1) is 20.0 Å². The molecule has 4 atom stereocenters. The van der Waals surface area contributed by atoms with E-state index in [0.717, 1.165) is 0 Å². The maximum atomic E-state index is 10.4. The molecule has 0 unspecified atom stereocenters. The van der Waals surface area contributed by atoms with Gasteiger partial charge in [0.25, 0.3) is 0 Å². The molecule has 10 nitrogen and oxygen atoms in total. The van der Waals surface area contributed by atoms with Gasteiger partial charge in [-0.15, -0.1) is 6.42 Å². The zero-order chi connectivity index (χ0) is 16.8. The van der Waals surface area contributed by atoms with Crippen LogP contribution in [0.3, 0.4) is 0 Å². The summed E-state index contributed by atoms with van der Waals surface area (Å²) in [5.41, 5.74) is 4.12. The van der Waals surface area contributed by atoms with E-state index in [9.17, 15) is 15.3 Å². The number of aliphatic hydroxyl groups is 3. The molecule has 0 saturated carbocycles. The largest absolute Gasteiger partial charge is 0.479 e. The molecule has 23 heavy (non-hydrogen) atoms. The van der Waals surface area contributed by atoms with Crippen LogP contribution in [0.5, 0.6) is 5.88 Å². The summed E-state index contributed by atoms with van der Waals surface area (Å²) in [6.07, 6.45) is 2.82. The lowest BCUT2D eigenvalue weighted by Gasteiger charge is -2.23. The Kier molecular flexibility index (Phi) is 3.57. The lowest BCUT2D eigenvalue weighted by atomic mass is 9.93. The van der Waals surface area contributed by atoms with Gasteiger partial charge in [-0.25, -0.2) is 4.98 Å². The number of imidazole rings is 1. The molecule has 0 spiro atoms. The number of nitrogens with zero attached hydrogens (tertiary/aromatic N) is 4. The number of fused-ring (bicyclic) bond motifs is 1. The van der Waals surface area contributed by atoms with E-state index in [4.69, 9.17) is 21.6 Å². The van der Waals surface area contributed by atoms with Crippen LogP contribution in [0.25, 0.3) is 11.2 Å². The van der Waals surface area contributed by atoms with Crippen LogP contribution >= 0.6 is 0 Å². The van der Waals surface area contributed by atoms with E-state index < -0.39 is 30.6 Å². The SMILES string of the molecule is C#C[C@@]1(O)[C@@H](CO)O[C@@H](n2cnc3c(OC)nc(N)nc32)[C@@H]1O. The molecule has 3 rings (SSSR count). The highest BCUT2D eigenvalue weighted by Gasteiger charge is 2.55. The van der Waals surface area contributed by atoms with E-state index in [1.165, 1.54) is 18.0 Å². The highest BCUT2D eigenvalue weighted by Crippen LogP contribution is 2.38. The summed E-state index contributed by atoms with van der Waals surface area (Å²) in [7, 11) is 1.40. The van der Waals surface area contributed by atoms with E-state index in [-0.39, 0.29) is 17.5 Å². The fourth-order valence-electron chi connectivity index (χ4n) is 2.57. The number of methoxy groups -OCH3 is 1. The van der Waals surface area contributed by atoms with Crippen molar-refractivity contribution in [3.8, 4) is 18.2 Å². The molecule has 1 saturated heterocycles. The Morgan fingerprint density at radius 3 is 2.87 bits per heavy atom. The average Bonchev–Trinajstić information content (AvgIpc) is 3.07. The van der Waals surface area contributed by atoms with Gasteiger partial charge < -0.3 is 30.5 Å². The topological polar surface area (TPSA) is 149 Å². The third-order valence-electron chi connectivity index (χ3n) is 3.79. The van der Waals surface area contributed by atoms with Crippen molar-refractivity contribution in [3.63, 3.8) is 0 Å². The second-order valence-electron chi connectivity index (χ2n) is 5.03. The van der Waals surface area contributed by atoms with E-state index in [1.807, 2.05) is 0 Å². The molecule has 5 N–H and O–H groups in total. The van der Waals surface area contributed by atoms with Crippen LogP contribution in [0.4, 0.5) is 5.95 Å². The number of hydrogen-bond acceptors (Lipinski definition) is 9. The molecule has 0 amide bonds. The lowest BCUT2D eigenvalue weighted by molar-refractivity contribution is -0.0605. The summed E-state index contributed by atoms with van der Waals surface area (Å²) in [6.45, 7) is -0.568. The first-order valence-corrected chi connectivity index (χ1v) is 6.64. The second kappa shape index (κ2) is 5.32. The van der Waals surface area contributed by atoms with Gasteiger partial charge in [-0.2, -0.15) is 9.97 Å². The Balaban J connectivity index is 2.12. The Morgan fingerprint density at radius 2 is 2.30 bits per heavy atom. The molecular formula is C13H15N5O5. The maximum absolute atomic E-state index is 10.4. The molecule has 0 bridgehead atoms. The summed E-state index contributed by atoms with van der Waals surface area (Å²) < 4.78 is 11.9. The molecule has 1 fully saturated rings. The predicted molar refractivity (Wildman–Crippen MR) is 77.1 cm³/mol. The number of ether oxygens (including phenoxy) is 2. The number of anilines is 1. The minimum absolute atomic E-state index is 0.0606. The molecular weight excluding hydrogens is 306 g/mol. The Hall–Kier alpha value is -2.45. The number of nitrogens with two attached hydrogens (primary N) is 1. The number of aliphatic hydroxyl groups excluding tert-OH is 2. The van der Waals surface area contributed by atoms with Crippen molar-refractivity contribution in [2.24, 2.45) is 0 Å². The van der Waals surface area contributed by atoms with Gasteiger partial charge in [-0.1, -0.05) is 5.92 Å². The van der Waals surface area contributed by atoms with Gasteiger partial charge in [0.1, 0.15) is 12.2 Å². The third-order valence-corrected chi connectivity index (χ3v) is 3.79. The summed E-state index contributed by atoms with van der Waals surface area (Å²) in [6, 6.07) is 0. The molecule has 1 aliphatic heterocycles. The highest BCUT2D eigenvalue weighted by molar-refractivity contribution is 5.77. The van der Waals surface area contributed by atoms with Crippen molar-refractivity contribution in [1.29, 1.82) is 0 Å². The number of aromatic nitrogens is 4. The first-order chi connectivity index (χ1) is 11.0. The second-order valence-corrected chi connectivity index (χ2v) is 5.03. The van der Waals surface area contributed by atoms with Crippen molar-refractivity contribution >= 4 is 17.1 Å². The number of hydrogen-bond donors (Lipinski definition) is 4. The fraction of sp³-hybridized carbons (Fsp3) is 0.462. The van der Waals surface area contributed by atoms with Crippen LogP contribution in [0.1, 0.15) is 6.23 Å². The van der Waals surface area contributed by atoms with Gasteiger partial charge in [-0.3, -0.25) is 4.57 Å². The van der Waals surface area contributed by atoms with Crippen molar-refractivity contribution < 1.29 is 24.8 Å². The third kappa shape index (κ3) is 2.10. The van der Waals surface area contributed by atoms with Crippen LogP contribution < -0.4 is 10.5 Å². The van der Waals surface area contributed by atoms with E-state index in [0.29, 0.717) is 5.52 Å². The summed E-state index contributed by atoms with van der Waals surface area (Å²) >= 11 is 0. The molecule has 122 valence electrons. The van der Waals surface area contributed by atoms with Gasteiger partial charge in [-0.05, 0) is 0 Å². The van der Waals surface area contributed by atoms with E-state index in [1.54, 1.807) is 0 Å². The van der Waals surface area contributed by atoms with Crippen molar-refractivity contribution in [3.05, 3.63) is 6.33 Å². The van der Waals surface area contributed by atoms with Crippen molar-refractivity contribution in [1.82, 2.24) is 19.5 Å². The molecule has 1 aliphatic rings. The lowest BCUT2D eigenvalue weighted by Crippen LogP contribution is -2.47. The summed E-state index contributed by atoms with van der Waals surface area (Å²) in [4.78, 5) is 12.1. The maximum Gasteiger partial charge on any atom is 0.246 e. The molecule has 10 heteroatoms. The van der Waals surface area contributed by atoms with E-state index >= 15 is 0 Å². The number of rotatable bonds is 3. The minimum atomic E-state index is -2.04. The Labute approximate surface area is 130 Å². The van der Waals surface area contributed by atoms with Crippen molar-refractivity contribution in [2.75, 3.05) is 19.5 Å². The molecule has 0 radical (unpaired) electrons. The normalized spacial score (nSPS) is 30.5. The standard InChI is InChI=1S/C13H15N5O5/c1-3-13(21)6(4-19)23-11(8(13)20)18-5-15-7-9(18)16-12(14)17-10(7)22-2/h1,5-6,8,11,19-21H,4H2,2H3,(H2,14,16,17)/t6-,8+,11-,13-/m1/s1. The smallest absolute Gasteiger partial charge is 0.246 e. The van der Waals surface area contributed by atoms with Gasteiger partial charge in [0.15, 0.2) is 23.0 Å². The Morgan fingerprint density at radius 1 is 1.57 bits per heavy atom.